The molecule has 1 saturated heterocycles. The van der Waals surface area contributed by atoms with Crippen LogP contribution in [-0.2, 0) is 9.59 Å². The maximum absolute atomic E-state index is 13.9. The molecule has 3 heterocycles. The van der Waals surface area contributed by atoms with Crippen molar-refractivity contribution in [3.05, 3.63) is 76.8 Å². The van der Waals surface area contributed by atoms with Gasteiger partial charge in [0.15, 0.2) is 11.6 Å². The molecule has 34 heavy (non-hydrogen) atoms. The SMILES string of the molecule is CCC(N1CCC(c2ccccn2)CC1)N1C(=O)CC(c2ccc(F)c(F)c2)C(C(=O)O)=C1C. The van der Waals surface area contributed by atoms with Crippen molar-refractivity contribution in [2.75, 3.05) is 13.1 Å². The number of piperidine rings is 1. The lowest BCUT2D eigenvalue weighted by Gasteiger charge is -2.45. The van der Waals surface area contributed by atoms with Gasteiger partial charge in [-0.25, -0.2) is 13.6 Å². The van der Waals surface area contributed by atoms with Crippen molar-refractivity contribution in [2.45, 2.75) is 57.5 Å². The average molecular weight is 470 g/mol. The molecule has 2 aliphatic rings. The number of carboxylic acid groups (broad SMARTS) is 1. The number of benzene rings is 1. The molecule has 180 valence electrons. The molecule has 2 atom stereocenters. The number of carboxylic acids is 1. The molecule has 0 bridgehead atoms. The van der Waals surface area contributed by atoms with Crippen LogP contribution in [-0.4, -0.2) is 51.0 Å². The first kappa shape index (κ1) is 24.0. The molecule has 1 fully saturated rings. The predicted molar refractivity (Wildman–Crippen MR) is 123 cm³/mol. The minimum atomic E-state index is -1.16. The number of allylic oxidation sites excluding steroid dienone is 1. The maximum atomic E-state index is 13.9. The highest BCUT2D eigenvalue weighted by molar-refractivity contribution is 5.94. The number of likely N-dealkylation sites (tertiary alicyclic amines) is 1. The highest BCUT2D eigenvalue weighted by atomic mass is 19.2. The highest BCUT2D eigenvalue weighted by Crippen LogP contribution is 2.39. The van der Waals surface area contributed by atoms with Crippen molar-refractivity contribution in [1.82, 2.24) is 14.8 Å². The van der Waals surface area contributed by atoms with E-state index < -0.39 is 23.5 Å². The van der Waals surface area contributed by atoms with Crippen molar-refractivity contribution in [2.24, 2.45) is 0 Å². The normalized spacial score (nSPS) is 21.1. The van der Waals surface area contributed by atoms with Crippen molar-refractivity contribution in [3.8, 4) is 0 Å². The Hall–Kier alpha value is -3.13. The predicted octanol–water partition coefficient (Wildman–Crippen LogP) is 4.65. The molecule has 1 amide bonds. The summed E-state index contributed by atoms with van der Waals surface area (Å²) in [7, 11) is 0. The second-order valence-electron chi connectivity index (χ2n) is 8.95. The Morgan fingerprint density at radius 3 is 2.50 bits per heavy atom. The number of carbonyl (C=O) groups is 2. The second-order valence-corrected chi connectivity index (χ2v) is 8.95. The summed E-state index contributed by atoms with van der Waals surface area (Å²) in [4.78, 5) is 33.9. The Labute approximate surface area is 197 Å². The third-order valence-electron chi connectivity index (χ3n) is 7.04. The third kappa shape index (κ3) is 4.59. The van der Waals surface area contributed by atoms with E-state index in [0.29, 0.717) is 18.0 Å². The number of hydrogen-bond donors (Lipinski definition) is 1. The van der Waals surface area contributed by atoms with Crippen LogP contribution in [0.1, 0.15) is 62.6 Å². The number of hydrogen-bond acceptors (Lipinski definition) is 4. The molecule has 2 aromatic rings. The topological polar surface area (TPSA) is 73.7 Å². The summed E-state index contributed by atoms with van der Waals surface area (Å²) >= 11 is 0. The van der Waals surface area contributed by atoms with Crippen LogP contribution in [0.5, 0.6) is 0 Å². The highest BCUT2D eigenvalue weighted by Gasteiger charge is 2.41. The summed E-state index contributed by atoms with van der Waals surface area (Å²) in [6.07, 6.45) is 3.87. The number of aromatic nitrogens is 1. The Balaban J connectivity index is 1.60. The first-order valence-corrected chi connectivity index (χ1v) is 11.7. The summed E-state index contributed by atoms with van der Waals surface area (Å²) in [5.74, 6) is -3.91. The van der Waals surface area contributed by atoms with Crippen LogP contribution >= 0.6 is 0 Å². The molecule has 1 aromatic carbocycles. The van der Waals surface area contributed by atoms with Crippen molar-refractivity contribution in [3.63, 3.8) is 0 Å². The van der Waals surface area contributed by atoms with Gasteiger partial charge in [-0.2, -0.15) is 0 Å². The van der Waals surface area contributed by atoms with Crippen LogP contribution in [0.4, 0.5) is 8.78 Å². The van der Waals surface area contributed by atoms with Crippen molar-refractivity contribution < 1.29 is 23.5 Å². The summed E-state index contributed by atoms with van der Waals surface area (Å²) in [6, 6.07) is 9.23. The van der Waals surface area contributed by atoms with Crippen LogP contribution in [0.3, 0.4) is 0 Å². The molecule has 0 spiro atoms. The van der Waals surface area contributed by atoms with Crippen LogP contribution < -0.4 is 0 Å². The fourth-order valence-corrected chi connectivity index (χ4v) is 5.37. The van der Waals surface area contributed by atoms with Crippen molar-refractivity contribution >= 4 is 11.9 Å². The van der Waals surface area contributed by atoms with E-state index in [-0.39, 0.29) is 29.6 Å². The first-order chi connectivity index (χ1) is 16.3. The third-order valence-corrected chi connectivity index (χ3v) is 7.04. The standard InChI is InChI=1S/C26H29F2N3O3/c1-3-23(30-12-9-17(10-13-30)22-6-4-5-11-29-22)31-16(2)25(26(33)34)19(15-24(31)32)18-7-8-20(27)21(28)14-18/h4-8,11,14,17,19,23H,3,9-10,12-13,15H2,1-2H3,(H,33,34). The van der Waals surface area contributed by atoms with Gasteiger partial charge in [0.1, 0.15) is 0 Å². The molecule has 1 aromatic heterocycles. The van der Waals surface area contributed by atoms with Gasteiger partial charge in [0.2, 0.25) is 5.91 Å². The number of nitrogens with zero attached hydrogens (tertiary/aromatic N) is 3. The van der Waals surface area contributed by atoms with Gasteiger partial charge in [0.25, 0.3) is 0 Å². The zero-order valence-corrected chi connectivity index (χ0v) is 19.4. The smallest absolute Gasteiger partial charge is 0.333 e. The fraction of sp³-hybridized carbons (Fsp3) is 0.423. The molecule has 0 radical (unpaired) electrons. The Bertz CT molecular complexity index is 1100. The van der Waals surface area contributed by atoms with Gasteiger partial charge in [0.05, 0.1) is 11.7 Å². The zero-order valence-electron chi connectivity index (χ0n) is 19.4. The molecule has 4 rings (SSSR count). The van der Waals surface area contributed by atoms with Gasteiger partial charge < -0.3 is 5.11 Å². The Morgan fingerprint density at radius 2 is 1.91 bits per heavy atom. The molecule has 6 nitrogen and oxygen atoms in total. The first-order valence-electron chi connectivity index (χ1n) is 11.7. The maximum Gasteiger partial charge on any atom is 0.333 e. The Morgan fingerprint density at radius 1 is 1.18 bits per heavy atom. The van der Waals surface area contributed by atoms with Gasteiger partial charge in [0, 0.05) is 48.9 Å². The summed E-state index contributed by atoms with van der Waals surface area (Å²) in [5.41, 5.74) is 1.76. The Kier molecular flexibility index (Phi) is 7.07. The number of rotatable bonds is 6. The number of carbonyl (C=O) groups excluding carboxylic acids is 1. The molecule has 0 saturated carbocycles. The van der Waals surface area contributed by atoms with Gasteiger partial charge >= 0.3 is 5.97 Å². The lowest BCUT2D eigenvalue weighted by atomic mass is 9.83. The van der Waals surface area contributed by atoms with Gasteiger partial charge in [-0.15, -0.1) is 0 Å². The number of amides is 1. The second kappa shape index (κ2) is 10.0. The largest absolute Gasteiger partial charge is 0.478 e. The summed E-state index contributed by atoms with van der Waals surface area (Å²) < 4.78 is 27.3. The van der Waals surface area contributed by atoms with Gasteiger partial charge in [-0.05, 0) is 56.0 Å². The minimum Gasteiger partial charge on any atom is -0.478 e. The van der Waals surface area contributed by atoms with E-state index >= 15 is 0 Å². The minimum absolute atomic E-state index is 0.0485. The number of aliphatic carboxylic acids is 1. The van der Waals surface area contributed by atoms with Crippen LogP contribution in [0.25, 0.3) is 0 Å². The number of pyridine rings is 1. The van der Waals surface area contributed by atoms with Gasteiger partial charge in [-0.3, -0.25) is 19.6 Å². The molecule has 2 unspecified atom stereocenters. The fourth-order valence-electron chi connectivity index (χ4n) is 5.37. The zero-order chi connectivity index (χ0) is 24.4. The summed E-state index contributed by atoms with van der Waals surface area (Å²) in [5, 5.41) is 10.0. The average Bonchev–Trinajstić information content (AvgIpc) is 2.83. The van der Waals surface area contributed by atoms with E-state index in [0.717, 1.165) is 43.8 Å². The van der Waals surface area contributed by atoms with E-state index in [9.17, 15) is 23.5 Å². The van der Waals surface area contributed by atoms with E-state index in [1.807, 2.05) is 25.1 Å². The van der Waals surface area contributed by atoms with Crippen LogP contribution in [0, 0.1) is 11.6 Å². The summed E-state index contributed by atoms with van der Waals surface area (Å²) in [6.45, 7) is 5.16. The molecule has 8 heteroatoms. The van der Waals surface area contributed by atoms with Crippen LogP contribution in [0.2, 0.25) is 0 Å². The van der Waals surface area contributed by atoms with Crippen molar-refractivity contribution in [1.29, 1.82) is 0 Å². The molecule has 1 N–H and O–H groups in total. The lowest BCUT2D eigenvalue weighted by molar-refractivity contribution is -0.138. The lowest BCUT2D eigenvalue weighted by Crippen LogP contribution is -2.54. The molecular weight excluding hydrogens is 440 g/mol. The number of halogens is 2. The molecule has 2 aliphatic heterocycles. The van der Waals surface area contributed by atoms with Gasteiger partial charge in [-0.1, -0.05) is 19.1 Å². The molecular formula is C26H29F2N3O3. The quantitative estimate of drug-likeness (QED) is 0.667. The van der Waals surface area contributed by atoms with E-state index in [2.05, 4.69) is 9.88 Å². The van der Waals surface area contributed by atoms with E-state index in [4.69, 9.17) is 0 Å². The molecule has 0 aliphatic carbocycles. The van der Waals surface area contributed by atoms with Crippen LogP contribution in [0.15, 0.2) is 53.9 Å². The van der Waals surface area contributed by atoms with E-state index in [1.165, 1.54) is 6.07 Å². The van der Waals surface area contributed by atoms with E-state index in [1.54, 1.807) is 18.0 Å². The monoisotopic (exact) mass is 469 g/mol.